The van der Waals surface area contributed by atoms with Crippen molar-refractivity contribution < 1.29 is 0 Å². The minimum atomic E-state index is 0.679. The lowest BCUT2D eigenvalue weighted by atomic mass is 10.0. The minimum Gasteiger partial charge on any atom is -0.382 e. The molecule has 0 bridgehead atoms. The van der Waals surface area contributed by atoms with E-state index in [0.29, 0.717) is 6.04 Å². The van der Waals surface area contributed by atoms with Crippen molar-refractivity contribution in [3.05, 3.63) is 28.2 Å². The van der Waals surface area contributed by atoms with Gasteiger partial charge >= 0.3 is 0 Å². The third-order valence-electron chi connectivity index (χ3n) is 3.58. The third-order valence-corrected chi connectivity index (χ3v) is 4.04. The lowest BCUT2D eigenvalue weighted by Gasteiger charge is -2.21. The Balaban J connectivity index is 2.08. The Morgan fingerprint density at radius 2 is 2.12 bits per heavy atom. The summed E-state index contributed by atoms with van der Waals surface area (Å²) in [5.41, 5.74) is 2.57. The molecule has 1 fully saturated rings. The molecule has 0 aliphatic heterocycles. The molecule has 1 aromatic carbocycles. The summed E-state index contributed by atoms with van der Waals surface area (Å²) in [5.74, 6) is 0.860. The molecule has 2 rings (SSSR count). The maximum Gasteiger partial charge on any atom is 0.0356 e. The van der Waals surface area contributed by atoms with Crippen LogP contribution in [0.3, 0.4) is 0 Å². The lowest BCUT2D eigenvalue weighted by molar-refractivity contribution is 0.489. The van der Waals surface area contributed by atoms with Crippen LogP contribution in [0, 0.1) is 12.8 Å². The van der Waals surface area contributed by atoms with Gasteiger partial charge in [0.15, 0.2) is 0 Å². The Labute approximate surface area is 107 Å². The maximum absolute atomic E-state index is 3.69. The average Bonchev–Trinajstić information content (AvgIpc) is 2.63. The van der Waals surface area contributed by atoms with E-state index < -0.39 is 0 Å². The molecular weight excluding hydrogens is 262 g/mol. The van der Waals surface area contributed by atoms with E-state index in [9.17, 15) is 0 Å². The van der Waals surface area contributed by atoms with E-state index in [1.807, 2.05) is 0 Å². The van der Waals surface area contributed by atoms with E-state index in [0.717, 1.165) is 5.92 Å². The highest BCUT2D eigenvalue weighted by Crippen LogP contribution is 2.31. The SMILES string of the molecule is CCC1CCCC1Nc1cc(C)cc(Br)c1. The first kappa shape index (κ1) is 12.0. The van der Waals surface area contributed by atoms with Crippen molar-refractivity contribution in [1.29, 1.82) is 0 Å². The van der Waals surface area contributed by atoms with E-state index in [4.69, 9.17) is 0 Å². The molecule has 16 heavy (non-hydrogen) atoms. The number of rotatable bonds is 3. The molecule has 0 spiro atoms. The van der Waals surface area contributed by atoms with Crippen LogP contribution in [0.4, 0.5) is 5.69 Å². The van der Waals surface area contributed by atoms with Crippen LogP contribution in [-0.4, -0.2) is 6.04 Å². The van der Waals surface area contributed by atoms with Crippen LogP contribution in [0.25, 0.3) is 0 Å². The van der Waals surface area contributed by atoms with Gasteiger partial charge in [-0.15, -0.1) is 0 Å². The Morgan fingerprint density at radius 1 is 1.31 bits per heavy atom. The average molecular weight is 282 g/mol. The molecule has 1 nitrogen and oxygen atoms in total. The highest BCUT2D eigenvalue weighted by molar-refractivity contribution is 9.10. The number of benzene rings is 1. The third kappa shape index (κ3) is 2.79. The first-order valence-electron chi connectivity index (χ1n) is 6.22. The highest BCUT2D eigenvalue weighted by Gasteiger charge is 2.25. The molecule has 0 aromatic heterocycles. The van der Waals surface area contributed by atoms with E-state index in [1.165, 1.54) is 41.4 Å². The van der Waals surface area contributed by atoms with Gasteiger partial charge in [-0.25, -0.2) is 0 Å². The molecule has 88 valence electrons. The number of hydrogen-bond acceptors (Lipinski definition) is 1. The minimum absolute atomic E-state index is 0.679. The fourth-order valence-corrected chi connectivity index (χ4v) is 3.36. The molecule has 0 radical (unpaired) electrons. The van der Waals surface area contributed by atoms with Gasteiger partial charge in [-0.05, 0) is 49.4 Å². The van der Waals surface area contributed by atoms with E-state index in [2.05, 4.69) is 53.3 Å². The van der Waals surface area contributed by atoms with Crippen molar-refractivity contribution in [3.8, 4) is 0 Å². The smallest absolute Gasteiger partial charge is 0.0356 e. The van der Waals surface area contributed by atoms with E-state index in [1.54, 1.807) is 0 Å². The number of hydrogen-bond donors (Lipinski definition) is 1. The number of aryl methyl sites for hydroxylation is 1. The van der Waals surface area contributed by atoms with Crippen LogP contribution >= 0.6 is 15.9 Å². The summed E-state index contributed by atoms with van der Waals surface area (Å²) in [6.07, 6.45) is 5.39. The second-order valence-electron chi connectivity index (χ2n) is 4.87. The maximum atomic E-state index is 3.69. The zero-order valence-electron chi connectivity index (χ0n) is 10.1. The van der Waals surface area contributed by atoms with Crippen molar-refractivity contribution in [2.75, 3.05) is 5.32 Å². The Kier molecular flexibility index (Phi) is 3.91. The summed E-state index contributed by atoms with van der Waals surface area (Å²) in [7, 11) is 0. The fraction of sp³-hybridized carbons (Fsp3) is 0.571. The van der Waals surface area contributed by atoms with Crippen LogP contribution in [0.5, 0.6) is 0 Å². The number of anilines is 1. The van der Waals surface area contributed by atoms with E-state index in [-0.39, 0.29) is 0 Å². The van der Waals surface area contributed by atoms with Crippen LogP contribution in [0.15, 0.2) is 22.7 Å². The normalized spacial score (nSPS) is 24.7. The predicted octanol–water partition coefficient (Wildman–Crippen LogP) is 4.75. The molecule has 1 aliphatic rings. The van der Waals surface area contributed by atoms with Crippen molar-refractivity contribution >= 4 is 21.6 Å². The summed E-state index contributed by atoms with van der Waals surface area (Å²) >= 11 is 3.55. The van der Waals surface area contributed by atoms with Crippen LogP contribution in [-0.2, 0) is 0 Å². The monoisotopic (exact) mass is 281 g/mol. The zero-order valence-corrected chi connectivity index (χ0v) is 11.7. The second-order valence-corrected chi connectivity index (χ2v) is 5.78. The first-order chi connectivity index (χ1) is 7.69. The van der Waals surface area contributed by atoms with Gasteiger partial charge < -0.3 is 5.32 Å². The molecule has 0 amide bonds. The van der Waals surface area contributed by atoms with Gasteiger partial charge in [-0.2, -0.15) is 0 Å². The standard InChI is InChI=1S/C14H20BrN/c1-3-11-5-4-6-14(11)16-13-8-10(2)7-12(15)9-13/h7-9,11,14,16H,3-6H2,1-2H3. The van der Waals surface area contributed by atoms with Gasteiger partial charge in [-0.1, -0.05) is 35.7 Å². The predicted molar refractivity (Wildman–Crippen MR) is 73.9 cm³/mol. The van der Waals surface area contributed by atoms with Crippen LogP contribution in [0.1, 0.15) is 38.2 Å². The van der Waals surface area contributed by atoms with E-state index >= 15 is 0 Å². The van der Waals surface area contributed by atoms with Gasteiger partial charge in [0, 0.05) is 16.2 Å². The molecule has 2 unspecified atom stereocenters. The molecule has 1 aliphatic carbocycles. The lowest BCUT2D eigenvalue weighted by Crippen LogP contribution is -2.23. The Hall–Kier alpha value is -0.500. The summed E-state index contributed by atoms with van der Waals surface area (Å²) < 4.78 is 1.17. The molecule has 2 atom stereocenters. The summed E-state index contributed by atoms with van der Waals surface area (Å²) in [6.45, 7) is 4.44. The fourth-order valence-electron chi connectivity index (χ4n) is 2.75. The topological polar surface area (TPSA) is 12.0 Å². The highest BCUT2D eigenvalue weighted by atomic mass is 79.9. The van der Waals surface area contributed by atoms with Crippen molar-refractivity contribution in [2.45, 2.75) is 45.6 Å². The Bertz CT molecular complexity index is 342. The molecule has 1 N–H and O–H groups in total. The van der Waals surface area contributed by atoms with Gasteiger partial charge in [0.2, 0.25) is 0 Å². The van der Waals surface area contributed by atoms with Gasteiger partial charge in [-0.3, -0.25) is 0 Å². The molecule has 1 saturated carbocycles. The van der Waals surface area contributed by atoms with Gasteiger partial charge in [0.1, 0.15) is 0 Å². The molecule has 2 heteroatoms. The number of nitrogens with one attached hydrogen (secondary N) is 1. The van der Waals surface area contributed by atoms with Gasteiger partial charge in [0.05, 0.1) is 0 Å². The summed E-state index contributed by atoms with van der Waals surface area (Å²) in [5, 5.41) is 3.69. The van der Waals surface area contributed by atoms with Crippen molar-refractivity contribution in [2.24, 2.45) is 5.92 Å². The molecule has 0 heterocycles. The van der Waals surface area contributed by atoms with Gasteiger partial charge in [0.25, 0.3) is 0 Å². The van der Waals surface area contributed by atoms with Crippen LogP contribution in [0.2, 0.25) is 0 Å². The Morgan fingerprint density at radius 3 is 2.81 bits per heavy atom. The molecule has 0 saturated heterocycles. The first-order valence-corrected chi connectivity index (χ1v) is 7.02. The molecule has 1 aromatic rings. The zero-order chi connectivity index (χ0) is 11.5. The quantitative estimate of drug-likeness (QED) is 0.843. The number of halogens is 1. The largest absolute Gasteiger partial charge is 0.382 e. The second kappa shape index (κ2) is 5.22. The van der Waals surface area contributed by atoms with Crippen molar-refractivity contribution in [1.82, 2.24) is 0 Å². The van der Waals surface area contributed by atoms with Crippen LogP contribution < -0.4 is 5.32 Å². The van der Waals surface area contributed by atoms with Crippen molar-refractivity contribution in [3.63, 3.8) is 0 Å². The summed E-state index contributed by atoms with van der Waals surface area (Å²) in [6, 6.07) is 7.24. The molecular formula is C14H20BrN. The summed E-state index contributed by atoms with van der Waals surface area (Å²) in [4.78, 5) is 0.